The molecule has 4 atom stereocenters. The lowest BCUT2D eigenvalue weighted by atomic mass is 9.99. The lowest BCUT2D eigenvalue weighted by molar-refractivity contribution is -0.143. The zero-order chi connectivity index (χ0) is 28.5. The van der Waals surface area contributed by atoms with Crippen molar-refractivity contribution in [1.82, 2.24) is 16.0 Å². The molecular formula is C24H48N8O5. The van der Waals surface area contributed by atoms with Gasteiger partial charge in [0.05, 0.1) is 6.04 Å². The summed E-state index contributed by atoms with van der Waals surface area (Å²) in [6.07, 6.45) is 2.86. The Hall–Kier alpha value is -2.93. The van der Waals surface area contributed by atoms with E-state index in [0.717, 1.165) is 0 Å². The first-order valence-corrected chi connectivity index (χ1v) is 12.9. The van der Waals surface area contributed by atoms with Crippen molar-refractivity contribution in [3.05, 3.63) is 0 Å². The first kappa shape index (κ1) is 34.1. The number of aliphatic imine (C=N–C) groups is 1. The van der Waals surface area contributed by atoms with Crippen LogP contribution in [0.1, 0.15) is 72.6 Å². The van der Waals surface area contributed by atoms with E-state index in [2.05, 4.69) is 20.9 Å². The summed E-state index contributed by atoms with van der Waals surface area (Å²) in [5.74, 6) is -2.75. The van der Waals surface area contributed by atoms with Gasteiger partial charge in [0, 0.05) is 6.54 Å². The topological polar surface area (TPSA) is 241 Å². The van der Waals surface area contributed by atoms with Crippen LogP contribution in [0.3, 0.4) is 0 Å². The minimum absolute atomic E-state index is 0.0355. The van der Waals surface area contributed by atoms with Gasteiger partial charge in [-0.2, -0.15) is 0 Å². The van der Waals surface area contributed by atoms with Crippen molar-refractivity contribution in [2.24, 2.45) is 39.8 Å². The minimum Gasteiger partial charge on any atom is -0.480 e. The van der Waals surface area contributed by atoms with Crippen molar-refractivity contribution < 1.29 is 24.3 Å². The second kappa shape index (κ2) is 18.3. The molecule has 3 amide bonds. The van der Waals surface area contributed by atoms with Crippen molar-refractivity contribution in [1.29, 1.82) is 0 Å². The van der Waals surface area contributed by atoms with E-state index in [0.29, 0.717) is 51.6 Å². The molecule has 0 saturated heterocycles. The summed E-state index contributed by atoms with van der Waals surface area (Å²) >= 11 is 0. The molecule has 0 aromatic heterocycles. The van der Waals surface area contributed by atoms with Gasteiger partial charge in [-0.3, -0.25) is 19.4 Å². The molecule has 0 bridgehead atoms. The van der Waals surface area contributed by atoms with E-state index in [1.165, 1.54) is 0 Å². The van der Waals surface area contributed by atoms with Gasteiger partial charge in [0.15, 0.2) is 5.96 Å². The van der Waals surface area contributed by atoms with Crippen LogP contribution in [0.15, 0.2) is 4.99 Å². The van der Waals surface area contributed by atoms with Gasteiger partial charge >= 0.3 is 5.97 Å². The SMILES string of the molecule is CC(C)CC(NC(=O)C(CC(C)C)NC(=O)C(CCCCN)NC(=O)C(N)CCCN=C(N)N)C(=O)O. The molecular weight excluding hydrogens is 480 g/mol. The first-order valence-electron chi connectivity index (χ1n) is 12.9. The summed E-state index contributed by atoms with van der Waals surface area (Å²) in [7, 11) is 0. The van der Waals surface area contributed by atoms with Gasteiger partial charge in [-0.05, 0) is 63.3 Å². The van der Waals surface area contributed by atoms with Crippen LogP contribution in [0, 0.1) is 11.8 Å². The molecule has 0 radical (unpaired) electrons. The van der Waals surface area contributed by atoms with Gasteiger partial charge in [-0.15, -0.1) is 0 Å². The van der Waals surface area contributed by atoms with E-state index in [4.69, 9.17) is 22.9 Å². The van der Waals surface area contributed by atoms with Gasteiger partial charge in [0.2, 0.25) is 17.7 Å². The summed E-state index contributed by atoms with van der Waals surface area (Å²) in [4.78, 5) is 54.3. The summed E-state index contributed by atoms with van der Waals surface area (Å²) in [5.41, 5.74) is 22.1. The predicted molar refractivity (Wildman–Crippen MR) is 143 cm³/mol. The molecule has 12 N–H and O–H groups in total. The summed E-state index contributed by atoms with van der Waals surface area (Å²) in [5, 5.41) is 17.4. The number of nitrogens with two attached hydrogens (primary N) is 4. The van der Waals surface area contributed by atoms with Crippen molar-refractivity contribution >= 4 is 29.7 Å². The molecule has 0 aromatic carbocycles. The Morgan fingerprint density at radius 3 is 1.78 bits per heavy atom. The van der Waals surface area contributed by atoms with Gasteiger partial charge in [-0.25, -0.2) is 4.79 Å². The Labute approximate surface area is 219 Å². The van der Waals surface area contributed by atoms with Gasteiger partial charge in [-0.1, -0.05) is 27.7 Å². The number of hydrogen-bond donors (Lipinski definition) is 8. The van der Waals surface area contributed by atoms with Crippen LogP contribution < -0.4 is 38.9 Å². The van der Waals surface area contributed by atoms with Gasteiger partial charge in [0.1, 0.15) is 18.1 Å². The molecule has 0 aliphatic carbocycles. The number of rotatable bonds is 19. The third kappa shape index (κ3) is 15.7. The second-order valence-corrected chi connectivity index (χ2v) is 10.1. The number of guanidine groups is 1. The molecule has 214 valence electrons. The van der Waals surface area contributed by atoms with Crippen LogP contribution in [-0.4, -0.2) is 72.0 Å². The number of hydrogen-bond acceptors (Lipinski definition) is 7. The van der Waals surface area contributed by atoms with Crippen LogP contribution in [0.5, 0.6) is 0 Å². The lowest BCUT2D eigenvalue weighted by Crippen LogP contribution is -2.57. The Kier molecular flexibility index (Phi) is 16.9. The number of nitrogens with zero attached hydrogens (tertiary/aromatic N) is 1. The summed E-state index contributed by atoms with van der Waals surface area (Å²) in [6, 6.07) is -3.85. The number of carboxylic acid groups (broad SMARTS) is 1. The van der Waals surface area contributed by atoms with E-state index in [-0.39, 0.29) is 24.2 Å². The number of carboxylic acids is 1. The molecule has 0 aliphatic rings. The highest BCUT2D eigenvalue weighted by atomic mass is 16.4. The number of nitrogens with one attached hydrogen (secondary N) is 3. The summed E-state index contributed by atoms with van der Waals surface area (Å²) < 4.78 is 0. The van der Waals surface area contributed by atoms with E-state index in [1.807, 2.05) is 27.7 Å². The number of amides is 3. The Morgan fingerprint density at radius 1 is 0.757 bits per heavy atom. The van der Waals surface area contributed by atoms with Crippen LogP contribution in [0.4, 0.5) is 0 Å². The Morgan fingerprint density at radius 2 is 1.27 bits per heavy atom. The number of unbranched alkanes of at least 4 members (excludes halogenated alkanes) is 1. The zero-order valence-electron chi connectivity index (χ0n) is 22.7. The predicted octanol–water partition coefficient (Wildman–Crippen LogP) is -0.872. The highest BCUT2D eigenvalue weighted by Gasteiger charge is 2.30. The van der Waals surface area contributed by atoms with Crippen molar-refractivity contribution in [2.75, 3.05) is 13.1 Å². The van der Waals surface area contributed by atoms with Crippen LogP contribution in [0.2, 0.25) is 0 Å². The fraction of sp³-hybridized carbons (Fsp3) is 0.792. The smallest absolute Gasteiger partial charge is 0.326 e. The Balaban J connectivity index is 5.44. The minimum atomic E-state index is -1.14. The standard InChI is InChI=1S/C24H48N8O5/c1-14(2)12-18(22(35)32-19(23(36)37)13-15(3)4)31-21(34)17(9-5-6-10-25)30-20(33)16(26)8-7-11-29-24(27)28/h14-19H,5-13,25-26H2,1-4H3,(H,30,33)(H,31,34)(H,32,35)(H,36,37)(H4,27,28,29). The quantitative estimate of drug-likeness (QED) is 0.0589. The number of carbonyl (C=O) groups excluding carboxylic acids is 3. The molecule has 13 heteroatoms. The van der Waals surface area contributed by atoms with Gasteiger partial charge in [0.25, 0.3) is 0 Å². The molecule has 0 fully saturated rings. The highest BCUT2D eigenvalue weighted by molar-refractivity contribution is 5.94. The molecule has 0 heterocycles. The second-order valence-electron chi connectivity index (χ2n) is 10.1. The fourth-order valence-electron chi connectivity index (χ4n) is 3.63. The van der Waals surface area contributed by atoms with Crippen LogP contribution in [0.25, 0.3) is 0 Å². The average Bonchev–Trinajstić information content (AvgIpc) is 2.79. The molecule has 0 aliphatic heterocycles. The highest BCUT2D eigenvalue weighted by Crippen LogP contribution is 2.10. The maximum absolute atomic E-state index is 13.2. The largest absolute Gasteiger partial charge is 0.480 e. The van der Waals surface area contributed by atoms with Gasteiger partial charge < -0.3 is 44.0 Å². The third-order valence-corrected chi connectivity index (χ3v) is 5.55. The number of aliphatic carboxylic acids is 1. The molecule has 4 unspecified atom stereocenters. The maximum Gasteiger partial charge on any atom is 0.326 e. The molecule has 0 aromatic rings. The normalized spacial score (nSPS) is 14.4. The molecule has 0 saturated carbocycles. The third-order valence-electron chi connectivity index (χ3n) is 5.55. The van der Waals surface area contributed by atoms with E-state index < -0.39 is 47.9 Å². The molecule has 0 spiro atoms. The van der Waals surface area contributed by atoms with Crippen LogP contribution in [-0.2, 0) is 19.2 Å². The monoisotopic (exact) mass is 528 g/mol. The summed E-state index contributed by atoms with van der Waals surface area (Å²) in [6.45, 7) is 8.24. The van der Waals surface area contributed by atoms with E-state index in [9.17, 15) is 24.3 Å². The fourth-order valence-corrected chi connectivity index (χ4v) is 3.63. The van der Waals surface area contributed by atoms with Crippen LogP contribution >= 0.6 is 0 Å². The lowest BCUT2D eigenvalue weighted by Gasteiger charge is -2.26. The molecule has 37 heavy (non-hydrogen) atoms. The molecule has 0 rings (SSSR count). The Bertz CT molecular complexity index is 755. The first-order chi connectivity index (χ1) is 17.3. The van der Waals surface area contributed by atoms with E-state index >= 15 is 0 Å². The molecule has 13 nitrogen and oxygen atoms in total. The van der Waals surface area contributed by atoms with Crippen molar-refractivity contribution in [3.8, 4) is 0 Å². The number of carbonyl (C=O) groups is 4. The van der Waals surface area contributed by atoms with Crippen molar-refractivity contribution in [3.63, 3.8) is 0 Å². The zero-order valence-corrected chi connectivity index (χ0v) is 22.7. The average molecular weight is 529 g/mol. The maximum atomic E-state index is 13.2. The van der Waals surface area contributed by atoms with Crippen molar-refractivity contribution in [2.45, 2.75) is 96.8 Å². The van der Waals surface area contributed by atoms with E-state index in [1.54, 1.807) is 0 Å².